The van der Waals surface area contributed by atoms with Crippen LogP contribution in [0.4, 0.5) is 4.79 Å². The fraction of sp³-hybridized carbons (Fsp3) is 0.929. The van der Waals surface area contributed by atoms with Gasteiger partial charge in [-0.05, 0) is 46.0 Å². The van der Waals surface area contributed by atoms with Crippen molar-refractivity contribution in [3.05, 3.63) is 0 Å². The van der Waals surface area contributed by atoms with E-state index in [-0.39, 0.29) is 17.7 Å². The van der Waals surface area contributed by atoms with E-state index in [0.717, 1.165) is 19.3 Å². The fourth-order valence-electron chi connectivity index (χ4n) is 3.13. The van der Waals surface area contributed by atoms with E-state index < -0.39 is 5.60 Å². The van der Waals surface area contributed by atoms with Gasteiger partial charge in [-0.1, -0.05) is 19.3 Å². The third kappa shape index (κ3) is 3.16. The molecular weight excluding hydrogens is 228 g/mol. The number of nitrogens with two attached hydrogens (primary N) is 1. The first-order valence-electron chi connectivity index (χ1n) is 7.09. The molecule has 0 aromatic heterocycles. The summed E-state index contributed by atoms with van der Waals surface area (Å²) in [5.74, 6) is 0.449. The van der Waals surface area contributed by atoms with Crippen LogP contribution >= 0.6 is 0 Å². The smallest absolute Gasteiger partial charge is 0.408 e. The minimum absolute atomic E-state index is 0.0972. The van der Waals surface area contributed by atoms with Crippen LogP contribution in [-0.4, -0.2) is 23.3 Å². The molecule has 18 heavy (non-hydrogen) atoms. The molecule has 104 valence electrons. The van der Waals surface area contributed by atoms with Crippen molar-refractivity contribution in [2.45, 2.75) is 76.5 Å². The highest BCUT2D eigenvalue weighted by molar-refractivity contribution is 5.69. The molecule has 2 aliphatic rings. The Balaban J connectivity index is 1.99. The summed E-state index contributed by atoms with van der Waals surface area (Å²) in [6.07, 6.45) is 6.46. The first-order valence-corrected chi connectivity index (χ1v) is 7.09. The van der Waals surface area contributed by atoms with Crippen LogP contribution in [0.2, 0.25) is 0 Å². The predicted octanol–water partition coefficient (Wildman–Crippen LogP) is 2.56. The lowest BCUT2D eigenvalue weighted by Crippen LogP contribution is -2.53. The fourth-order valence-corrected chi connectivity index (χ4v) is 3.13. The summed E-state index contributed by atoms with van der Waals surface area (Å²) in [6, 6.07) is 0.262. The quantitative estimate of drug-likeness (QED) is 0.796. The Hall–Kier alpha value is -0.770. The topological polar surface area (TPSA) is 64.3 Å². The van der Waals surface area contributed by atoms with Gasteiger partial charge in [-0.2, -0.15) is 0 Å². The summed E-state index contributed by atoms with van der Waals surface area (Å²) >= 11 is 0. The number of carbonyl (C=O) groups excluding carboxylic acids is 1. The number of hydrogen-bond acceptors (Lipinski definition) is 3. The molecule has 0 aromatic rings. The average molecular weight is 254 g/mol. The van der Waals surface area contributed by atoms with Crippen LogP contribution in [0.25, 0.3) is 0 Å². The number of hydrogen-bond donors (Lipinski definition) is 2. The zero-order valence-electron chi connectivity index (χ0n) is 11.8. The molecule has 2 aliphatic carbocycles. The van der Waals surface area contributed by atoms with Crippen LogP contribution in [0.5, 0.6) is 0 Å². The van der Waals surface area contributed by atoms with E-state index in [1.165, 1.54) is 19.3 Å². The Labute approximate surface area is 110 Å². The maximum absolute atomic E-state index is 12.0. The van der Waals surface area contributed by atoms with Gasteiger partial charge in [0.05, 0.1) is 0 Å². The third-order valence-corrected chi connectivity index (χ3v) is 4.05. The van der Waals surface area contributed by atoms with E-state index in [4.69, 9.17) is 10.5 Å². The molecule has 2 atom stereocenters. The van der Waals surface area contributed by atoms with Crippen molar-refractivity contribution < 1.29 is 9.53 Å². The molecule has 1 amide bonds. The molecule has 4 nitrogen and oxygen atoms in total. The largest absolute Gasteiger partial charge is 0.444 e. The van der Waals surface area contributed by atoms with Crippen molar-refractivity contribution in [1.29, 1.82) is 0 Å². The zero-order valence-corrected chi connectivity index (χ0v) is 11.8. The number of carbonyl (C=O) groups is 1. The second-order valence-electron chi connectivity index (χ2n) is 6.85. The lowest BCUT2D eigenvalue weighted by atomic mass is 9.78. The van der Waals surface area contributed by atoms with E-state index in [1.807, 2.05) is 20.8 Å². The van der Waals surface area contributed by atoms with Crippen molar-refractivity contribution >= 4 is 6.09 Å². The average Bonchev–Trinajstić information content (AvgIpc) is 2.94. The summed E-state index contributed by atoms with van der Waals surface area (Å²) in [5.41, 5.74) is 5.46. The molecule has 0 saturated heterocycles. The SMILES string of the molecule is CC(C)(C)OC(=O)NC1(C2CC2N)CCCCC1. The number of rotatable bonds is 2. The summed E-state index contributed by atoms with van der Waals surface area (Å²) in [6.45, 7) is 5.68. The van der Waals surface area contributed by atoms with Crippen LogP contribution < -0.4 is 11.1 Å². The first kappa shape index (κ1) is 13.7. The van der Waals surface area contributed by atoms with Gasteiger partial charge < -0.3 is 15.8 Å². The van der Waals surface area contributed by atoms with Gasteiger partial charge in [0.2, 0.25) is 0 Å². The Morgan fingerprint density at radius 3 is 2.28 bits per heavy atom. The number of nitrogens with one attached hydrogen (secondary N) is 1. The molecule has 3 N–H and O–H groups in total. The van der Waals surface area contributed by atoms with Crippen LogP contribution in [0.3, 0.4) is 0 Å². The molecule has 0 bridgehead atoms. The summed E-state index contributed by atoms with van der Waals surface area (Å²) in [4.78, 5) is 12.0. The van der Waals surface area contributed by atoms with Crippen molar-refractivity contribution in [3.8, 4) is 0 Å². The van der Waals surface area contributed by atoms with Gasteiger partial charge >= 0.3 is 6.09 Å². The Bertz CT molecular complexity index is 316. The van der Waals surface area contributed by atoms with E-state index in [2.05, 4.69) is 5.32 Å². The molecule has 4 heteroatoms. The van der Waals surface area contributed by atoms with Crippen molar-refractivity contribution in [3.63, 3.8) is 0 Å². The lowest BCUT2D eigenvalue weighted by Gasteiger charge is -2.39. The molecule has 0 radical (unpaired) electrons. The lowest BCUT2D eigenvalue weighted by molar-refractivity contribution is 0.0400. The van der Waals surface area contributed by atoms with Gasteiger partial charge in [0.1, 0.15) is 5.60 Å². The zero-order chi connectivity index (χ0) is 13.4. The van der Waals surface area contributed by atoms with Crippen LogP contribution in [-0.2, 0) is 4.74 Å². The van der Waals surface area contributed by atoms with Gasteiger partial charge in [-0.3, -0.25) is 0 Å². The van der Waals surface area contributed by atoms with Gasteiger partial charge in [0.25, 0.3) is 0 Å². The number of amides is 1. The maximum atomic E-state index is 12.0. The Kier molecular flexibility index (Phi) is 3.58. The summed E-state index contributed by atoms with van der Waals surface area (Å²) < 4.78 is 5.39. The number of ether oxygens (including phenoxy) is 1. The molecular formula is C14H26N2O2. The van der Waals surface area contributed by atoms with E-state index >= 15 is 0 Å². The monoisotopic (exact) mass is 254 g/mol. The molecule has 2 saturated carbocycles. The van der Waals surface area contributed by atoms with Crippen LogP contribution in [0.1, 0.15) is 59.3 Å². The highest BCUT2D eigenvalue weighted by atomic mass is 16.6. The van der Waals surface area contributed by atoms with E-state index in [0.29, 0.717) is 5.92 Å². The first-order chi connectivity index (χ1) is 8.32. The van der Waals surface area contributed by atoms with E-state index in [1.54, 1.807) is 0 Å². The van der Waals surface area contributed by atoms with Crippen molar-refractivity contribution in [2.24, 2.45) is 11.7 Å². The summed E-state index contributed by atoms with van der Waals surface area (Å²) in [7, 11) is 0. The normalized spacial score (nSPS) is 30.7. The maximum Gasteiger partial charge on any atom is 0.408 e. The van der Waals surface area contributed by atoms with Crippen LogP contribution in [0.15, 0.2) is 0 Å². The van der Waals surface area contributed by atoms with Gasteiger partial charge in [0, 0.05) is 11.6 Å². The second kappa shape index (κ2) is 4.72. The van der Waals surface area contributed by atoms with Crippen LogP contribution in [0, 0.1) is 5.92 Å². The van der Waals surface area contributed by atoms with Gasteiger partial charge in [-0.25, -0.2) is 4.79 Å². The highest BCUT2D eigenvalue weighted by Gasteiger charge is 2.52. The molecule has 2 unspecified atom stereocenters. The molecule has 0 heterocycles. The summed E-state index contributed by atoms with van der Waals surface area (Å²) in [5, 5.41) is 3.14. The molecule has 0 aliphatic heterocycles. The Morgan fingerprint density at radius 2 is 1.83 bits per heavy atom. The number of alkyl carbamates (subject to hydrolysis) is 1. The third-order valence-electron chi connectivity index (χ3n) is 4.05. The van der Waals surface area contributed by atoms with Gasteiger partial charge in [-0.15, -0.1) is 0 Å². The van der Waals surface area contributed by atoms with Crippen molar-refractivity contribution in [1.82, 2.24) is 5.32 Å². The molecule has 2 fully saturated rings. The minimum atomic E-state index is -0.439. The Morgan fingerprint density at radius 1 is 1.28 bits per heavy atom. The van der Waals surface area contributed by atoms with E-state index in [9.17, 15) is 4.79 Å². The predicted molar refractivity (Wildman–Crippen MR) is 71.3 cm³/mol. The molecule has 0 spiro atoms. The van der Waals surface area contributed by atoms with Gasteiger partial charge in [0.15, 0.2) is 0 Å². The second-order valence-corrected chi connectivity index (χ2v) is 6.85. The molecule has 2 rings (SSSR count). The minimum Gasteiger partial charge on any atom is -0.444 e. The van der Waals surface area contributed by atoms with Crippen molar-refractivity contribution in [2.75, 3.05) is 0 Å². The molecule has 0 aromatic carbocycles. The highest BCUT2D eigenvalue weighted by Crippen LogP contribution is 2.46. The standard InChI is InChI=1S/C14H26N2O2/c1-13(2,3)18-12(17)16-14(10-9-11(10)15)7-5-4-6-8-14/h10-11H,4-9,15H2,1-3H3,(H,16,17).